The molecule has 35 heavy (non-hydrogen) atoms. The standard InChI is InChI=1S/C25H32N4O6/c1-17-13-22(31)15-20-14-21(28-34-16-18(2)30)8-5-10-23(33-12-6-11-27-29-26)9-4-7-19(3)35-25(32)24(17)20/h4-5,8-9,13,15,19,23,31H,6-7,10-12,14,16H2,1-3H3/b8-5+,9-4+,28-21+/t19-,23?/m1/s1. The summed E-state index contributed by atoms with van der Waals surface area (Å²) in [7, 11) is 0. The molecule has 10 nitrogen and oxygen atoms in total. The lowest BCUT2D eigenvalue weighted by atomic mass is 9.96. The van der Waals surface area contributed by atoms with E-state index in [4.69, 9.17) is 19.8 Å². The molecule has 2 atom stereocenters. The smallest absolute Gasteiger partial charge is 0.338 e. The lowest BCUT2D eigenvalue weighted by Crippen LogP contribution is -2.19. The van der Waals surface area contributed by atoms with Gasteiger partial charge < -0.3 is 19.4 Å². The Morgan fingerprint density at radius 1 is 1.31 bits per heavy atom. The normalized spacial score (nSPS) is 21.7. The molecule has 0 fully saturated rings. The van der Waals surface area contributed by atoms with Crippen LogP contribution >= 0.6 is 0 Å². The third-order valence-electron chi connectivity index (χ3n) is 5.03. The molecule has 0 aromatic heterocycles. The van der Waals surface area contributed by atoms with Crippen LogP contribution in [0.2, 0.25) is 0 Å². The lowest BCUT2D eigenvalue weighted by Gasteiger charge is -2.17. The van der Waals surface area contributed by atoms with Crippen molar-refractivity contribution in [3.8, 4) is 5.75 Å². The van der Waals surface area contributed by atoms with E-state index in [-0.39, 0.29) is 36.8 Å². The van der Waals surface area contributed by atoms with Crippen molar-refractivity contribution in [1.82, 2.24) is 0 Å². The van der Waals surface area contributed by atoms with Crippen LogP contribution in [0, 0.1) is 6.92 Å². The number of oxime groups is 1. The molecule has 1 N–H and O–H groups in total. The predicted octanol–water partition coefficient (Wildman–Crippen LogP) is 4.74. The Morgan fingerprint density at radius 2 is 2.11 bits per heavy atom. The fourth-order valence-corrected chi connectivity index (χ4v) is 3.46. The number of cyclic esters (lactones) is 1. The molecule has 0 saturated carbocycles. The Hall–Kier alpha value is -3.62. The number of Topliss-reactive ketones (excluding diaryl/α,β-unsaturated/α-hetero) is 1. The first-order valence-electron chi connectivity index (χ1n) is 11.5. The highest BCUT2D eigenvalue weighted by molar-refractivity contribution is 6.00. The van der Waals surface area contributed by atoms with E-state index in [9.17, 15) is 14.7 Å². The minimum absolute atomic E-state index is 0.0216. The molecule has 0 aliphatic carbocycles. The van der Waals surface area contributed by atoms with E-state index in [0.29, 0.717) is 54.8 Å². The van der Waals surface area contributed by atoms with E-state index in [1.165, 1.54) is 19.1 Å². The van der Waals surface area contributed by atoms with E-state index in [2.05, 4.69) is 15.2 Å². The lowest BCUT2D eigenvalue weighted by molar-refractivity contribution is -0.121. The van der Waals surface area contributed by atoms with Crippen molar-refractivity contribution >= 4 is 17.5 Å². The number of nitrogens with zero attached hydrogens (tertiary/aromatic N) is 4. The van der Waals surface area contributed by atoms with Gasteiger partial charge in [0.2, 0.25) is 0 Å². The second-order valence-corrected chi connectivity index (χ2v) is 8.27. The van der Waals surface area contributed by atoms with Crippen LogP contribution in [0.1, 0.15) is 54.6 Å². The molecule has 0 spiro atoms. The van der Waals surface area contributed by atoms with Crippen molar-refractivity contribution in [1.29, 1.82) is 0 Å². The summed E-state index contributed by atoms with van der Waals surface area (Å²) >= 11 is 0. The second-order valence-electron chi connectivity index (χ2n) is 8.27. The van der Waals surface area contributed by atoms with Gasteiger partial charge in [-0.2, -0.15) is 0 Å². The number of ketones is 1. The molecule has 1 aromatic rings. The molecule has 0 radical (unpaired) electrons. The second kappa shape index (κ2) is 14.6. The monoisotopic (exact) mass is 484 g/mol. The molecule has 1 unspecified atom stereocenters. The number of rotatable bonds is 8. The molecular weight excluding hydrogens is 452 g/mol. The Bertz CT molecular complexity index is 1030. The molecule has 0 bridgehead atoms. The summed E-state index contributed by atoms with van der Waals surface area (Å²) in [4.78, 5) is 32.2. The van der Waals surface area contributed by atoms with E-state index in [1.54, 1.807) is 13.0 Å². The van der Waals surface area contributed by atoms with E-state index in [0.717, 1.165) is 0 Å². The molecule has 0 saturated heterocycles. The summed E-state index contributed by atoms with van der Waals surface area (Å²) in [5.41, 5.74) is 10.3. The van der Waals surface area contributed by atoms with E-state index >= 15 is 0 Å². The maximum Gasteiger partial charge on any atom is 0.338 e. The molecular formula is C25H32N4O6. The summed E-state index contributed by atoms with van der Waals surface area (Å²) in [6.07, 6.45) is 8.62. The highest BCUT2D eigenvalue weighted by Gasteiger charge is 2.20. The number of benzene rings is 1. The van der Waals surface area contributed by atoms with Crippen LogP contribution in [0.15, 0.2) is 46.7 Å². The van der Waals surface area contributed by atoms with Gasteiger partial charge in [-0.15, -0.1) is 0 Å². The topological polar surface area (TPSA) is 143 Å². The van der Waals surface area contributed by atoms with E-state index < -0.39 is 5.97 Å². The molecule has 10 heteroatoms. The summed E-state index contributed by atoms with van der Waals surface area (Å²) in [5.74, 6) is -0.646. The molecule has 1 aliphatic rings. The Morgan fingerprint density at radius 3 is 2.86 bits per heavy atom. The van der Waals surface area contributed by atoms with Crippen molar-refractivity contribution in [2.45, 2.75) is 58.7 Å². The number of aromatic hydroxyl groups is 1. The number of allylic oxidation sites excluding steroid dienone is 1. The molecule has 0 amide bonds. The van der Waals surface area contributed by atoms with Crippen molar-refractivity contribution in [3.05, 3.63) is 63.6 Å². The number of hydrogen-bond donors (Lipinski definition) is 1. The summed E-state index contributed by atoms with van der Waals surface area (Å²) in [6.45, 7) is 5.53. The Balaban J connectivity index is 2.35. The predicted molar refractivity (Wildman–Crippen MR) is 131 cm³/mol. The molecule has 188 valence electrons. The first kappa shape index (κ1) is 27.6. The van der Waals surface area contributed by atoms with Crippen LogP contribution in [-0.4, -0.2) is 54.5 Å². The largest absolute Gasteiger partial charge is 0.508 e. The average molecular weight is 485 g/mol. The van der Waals surface area contributed by atoms with Gasteiger partial charge in [-0.25, -0.2) is 4.79 Å². The molecule has 1 aromatic carbocycles. The van der Waals surface area contributed by atoms with Crippen LogP contribution in [-0.2, 0) is 25.5 Å². The summed E-state index contributed by atoms with van der Waals surface area (Å²) in [5, 5.41) is 17.7. The zero-order valence-corrected chi connectivity index (χ0v) is 20.3. The van der Waals surface area contributed by atoms with Gasteiger partial charge in [0.1, 0.15) is 11.9 Å². The van der Waals surface area contributed by atoms with E-state index in [1.807, 2.05) is 25.2 Å². The van der Waals surface area contributed by atoms with Gasteiger partial charge in [0.25, 0.3) is 0 Å². The van der Waals surface area contributed by atoms with Crippen molar-refractivity contribution in [2.75, 3.05) is 19.8 Å². The van der Waals surface area contributed by atoms with Gasteiger partial charge in [-0.1, -0.05) is 28.5 Å². The van der Waals surface area contributed by atoms with Crippen LogP contribution < -0.4 is 0 Å². The summed E-state index contributed by atoms with van der Waals surface area (Å²) < 4.78 is 11.6. The SMILES string of the molecule is CC(=O)CO/N=C1\C=C\CC(OCCCN=[N+]=[N-])/C=C/C[C@@H](C)OC(=O)c2c(C)cc(O)cc2C1. The van der Waals surface area contributed by atoms with Gasteiger partial charge in [0.05, 0.1) is 17.4 Å². The zero-order valence-electron chi connectivity index (χ0n) is 20.3. The maximum absolute atomic E-state index is 13.0. The third kappa shape index (κ3) is 10.0. The first-order valence-corrected chi connectivity index (χ1v) is 11.5. The first-order chi connectivity index (χ1) is 16.8. The van der Waals surface area contributed by atoms with Gasteiger partial charge in [-0.05, 0) is 68.5 Å². The quantitative estimate of drug-likeness (QED) is 0.107. The van der Waals surface area contributed by atoms with Crippen molar-refractivity contribution < 1.29 is 29.0 Å². The number of hydrogen-bond acceptors (Lipinski definition) is 8. The highest BCUT2D eigenvalue weighted by Crippen LogP contribution is 2.24. The van der Waals surface area contributed by atoms with Crippen molar-refractivity contribution in [3.63, 3.8) is 0 Å². The fraction of sp³-hybridized carbons (Fsp3) is 0.480. The maximum atomic E-state index is 13.0. The number of esters is 1. The fourth-order valence-electron chi connectivity index (χ4n) is 3.46. The number of phenolic OH excluding ortho intramolecular Hbond substituents is 1. The highest BCUT2D eigenvalue weighted by atomic mass is 16.6. The molecule has 1 heterocycles. The Kier molecular flexibility index (Phi) is 11.5. The van der Waals surface area contributed by atoms with Crippen LogP contribution in [0.25, 0.3) is 10.4 Å². The molecule has 2 rings (SSSR count). The third-order valence-corrected chi connectivity index (χ3v) is 5.03. The number of fused-ring (bicyclic) bond motifs is 1. The van der Waals surface area contributed by atoms with Crippen molar-refractivity contribution in [2.24, 2.45) is 10.3 Å². The van der Waals surface area contributed by atoms with Gasteiger partial charge in [0, 0.05) is 30.9 Å². The number of azide groups is 1. The van der Waals surface area contributed by atoms with Gasteiger partial charge >= 0.3 is 5.97 Å². The van der Waals surface area contributed by atoms with Crippen LogP contribution in [0.4, 0.5) is 0 Å². The minimum atomic E-state index is -0.491. The number of carbonyl (C=O) groups is 2. The number of phenols is 1. The van der Waals surface area contributed by atoms with Gasteiger partial charge in [-0.3, -0.25) is 4.79 Å². The zero-order chi connectivity index (χ0) is 25.6. The minimum Gasteiger partial charge on any atom is -0.508 e. The van der Waals surface area contributed by atoms with Gasteiger partial charge in [0.15, 0.2) is 12.4 Å². The number of ether oxygens (including phenoxy) is 2. The Labute approximate surface area is 204 Å². The molecule has 1 aliphatic heterocycles. The number of carbonyl (C=O) groups excluding carboxylic acids is 2. The van der Waals surface area contributed by atoms with Crippen LogP contribution in [0.3, 0.4) is 0 Å². The summed E-state index contributed by atoms with van der Waals surface area (Å²) in [6, 6.07) is 3.01. The number of aryl methyl sites for hydroxylation is 1. The van der Waals surface area contributed by atoms with Crippen LogP contribution in [0.5, 0.6) is 5.75 Å². The average Bonchev–Trinajstić information content (AvgIpc) is 2.77.